The zero-order chi connectivity index (χ0) is 19.3. The maximum atomic E-state index is 4.49. The van der Waals surface area contributed by atoms with Gasteiger partial charge >= 0.3 is 0 Å². The standard InChI is InChI=1S/C21H34N6/c1-5-10-19(20-22-23-24-27(20)21(3,4)6-2)26-15-13-25(14-16-26)17-18-11-8-7-9-12-18/h7-9,11-12,19H,5-6,10,13-17H2,1-4H3/p+2/t19-/m1/s1. The van der Waals surface area contributed by atoms with Crippen LogP contribution in [-0.4, -0.2) is 46.4 Å². The Bertz CT molecular complexity index is 688. The summed E-state index contributed by atoms with van der Waals surface area (Å²) in [5.74, 6) is 1.07. The second-order valence-corrected chi connectivity index (χ2v) is 8.53. The number of nitrogens with zero attached hydrogens (tertiary/aromatic N) is 4. The van der Waals surface area contributed by atoms with E-state index in [1.165, 1.54) is 31.7 Å². The van der Waals surface area contributed by atoms with Crippen LogP contribution >= 0.6 is 0 Å². The van der Waals surface area contributed by atoms with Crippen molar-refractivity contribution in [2.24, 2.45) is 0 Å². The van der Waals surface area contributed by atoms with Gasteiger partial charge in [-0.05, 0) is 30.7 Å². The van der Waals surface area contributed by atoms with Crippen molar-refractivity contribution >= 4 is 0 Å². The van der Waals surface area contributed by atoms with Crippen molar-refractivity contribution in [3.63, 3.8) is 0 Å². The third-order valence-corrected chi connectivity index (χ3v) is 6.21. The van der Waals surface area contributed by atoms with Crippen LogP contribution in [0, 0.1) is 0 Å². The summed E-state index contributed by atoms with van der Waals surface area (Å²) in [5.41, 5.74) is 1.40. The van der Waals surface area contributed by atoms with E-state index in [4.69, 9.17) is 0 Å². The fourth-order valence-electron chi connectivity index (χ4n) is 4.13. The molecule has 27 heavy (non-hydrogen) atoms. The summed E-state index contributed by atoms with van der Waals surface area (Å²) in [4.78, 5) is 3.34. The molecule has 2 N–H and O–H groups in total. The summed E-state index contributed by atoms with van der Waals surface area (Å²) in [7, 11) is 0. The lowest BCUT2D eigenvalue weighted by Crippen LogP contribution is -3.27. The number of tetrazole rings is 1. The van der Waals surface area contributed by atoms with E-state index in [2.05, 4.69) is 78.2 Å². The topological polar surface area (TPSA) is 52.5 Å². The molecule has 1 atom stereocenters. The molecule has 1 aliphatic rings. The van der Waals surface area contributed by atoms with Crippen LogP contribution in [0.2, 0.25) is 0 Å². The Morgan fingerprint density at radius 3 is 2.41 bits per heavy atom. The van der Waals surface area contributed by atoms with Crippen LogP contribution in [0.25, 0.3) is 0 Å². The number of nitrogens with one attached hydrogen (secondary N) is 2. The summed E-state index contributed by atoms with van der Waals surface area (Å²) >= 11 is 0. The number of benzene rings is 1. The molecule has 3 rings (SSSR count). The smallest absolute Gasteiger partial charge is 0.209 e. The van der Waals surface area contributed by atoms with Gasteiger partial charge in [0.25, 0.3) is 0 Å². The van der Waals surface area contributed by atoms with Gasteiger partial charge in [-0.2, -0.15) is 0 Å². The maximum absolute atomic E-state index is 4.49. The van der Waals surface area contributed by atoms with Gasteiger partial charge < -0.3 is 9.80 Å². The van der Waals surface area contributed by atoms with Crippen LogP contribution in [0.1, 0.15) is 64.4 Å². The van der Waals surface area contributed by atoms with Crippen LogP contribution < -0.4 is 9.80 Å². The van der Waals surface area contributed by atoms with E-state index >= 15 is 0 Å². The van der Waals surface area contributed by atoms with Gasteiger partial charge in [0, 0.05) is 12.0 Å². The minimum Gasteiger partial charge on any atom is -0.322 e. The van der Waals surface area contributed by atoms with Crippen molar-refractivity contribution in [2.45, 2.75) is 65.1 Å². The van der Waals surface area contributed by atoms with Gasteiger partial charge in [0.2, 0.25) is 5.82 Å². The molecule has 1 saturated heterocycles. The number of quaternary nitrogens is 2. The Balaban J connectivity index is 1.68. The van der Waals surface area contributed by atoms with E-state index in [1.54, 1.807) is 9.80 Å². The molecule has 0 amide bonds. The zero-order valence-electron chi connectivity index (χ0n) is 17.4. The fourth-order valence-corrected chi connectivity index (χ4v) is 4.13. The molecule has 6 nitrogen and oxygen atoms in total. The first-order valence-corrected chi connectivity index (χ1v) is 10.6. The highest BCUT2D eigenvalue weighted by Crippen LogP contribution is 2.23. The molecule has 6 heteroatoms. The second kappa shape index (κ2) is 8.93. The SMILES string of the molecule is CCC[C@H](c1nnnn1C(C)(C)CC)[NH+]1CC[NH+](Cc2ccccc2)CC1. The zero-order valence-corrected chi connectivity index (χ0v) is 17.4. The average molecular weight is 373 g/mol. The molecular formula is C21H36N6+2. The molecular weight excluding hydrogens is 336 g/mol. The van der Waals surface area contributed by atoms with Gasteiger partial charge in [0.1, 0.15) is 38.8 Å². The monoisotopic (exact) mass is 372 g/mol. The second-order valence-electron chi connectivity index (χ2n) is 8.53. The predicted molar refractivity (Wildman–Crippen MR) is 107 cm³/mol. The fraction of sp³-hybridized carbons (Fsp3) is 0.667. The highest BCUT2D eigenvalue weighted by atomic mass is 15.6. The number of piperazine rings is 1. The minimum absolute atomic E-state index is 0.0371. The molecule has 0 aliphatic carbocycles. The molecule has 2 heterocycles. The highest BCUT2D eigenvalue weighted by molar-refractivity contribution is 5.13. The van der Waals surface area contributed by atoms with E-state index < -0.39 is 0 Å². The predicted octanol–water partition coefficient (Wildman–Crippen LogP) is 0.643. The third kappa shape index (κ3) is 4.74. The van der Waals surface area contributed by atoms with Crippen LogP contribution in [0.15, 0.2) is 30.3 Å². The Kier molecular flexibility index (Phi) is 6.60. The van der Waals surface area contributed by atoms with Crippen molar-refractivity contribution in [1.82, 2.24) is 20.2 Å². The molecule has 1 fully saturated rings. The molecule has 2 aromatic rings. The molecule has 0 spiro atoms. The van der Waals surface area contributed by atoms with Crippen molar-refractivity contribution in [3.8, 4) is 0 Å². The largest absolute Gasteiger partial charge is 0.322 e. The maximum Gasteiger partial charge on any atom is 0.209 e. The molecule has 1 aromatic carbocycles. The lowest BCUT2D eigenvalue weighted by molar-refractivity contribution is -1.03. The minimum atomic E-state index is -0.0371. The first-order chi connectivity index (χ1) is 13.0. The molecule has 148 valence electrons. The number of hydrogen-bond donors (Lipinski definition) is 2. The molecule has 1 aliphatic heterocycles. The Hall–Kier alpha value is -1.79. The van der Waals surface area contributed by atoms with Crippen LogP contribution in [0.5, 0.6) is 0 Å². The van der Waals surface area contributed by atoms with Crippen molar-refractivity contribution in [2.75, 3.05) is 26.2 Å². The highest BCUT2D eigenvalue weighted by Gasteiger charge is 2.36. The first kappa shape index (κ1) is 20.0. The van der Waals surface area contributed by atoms with E-state index in [9.17, 15) is 0 Å². The van der Waals surface area contributed by atoms with Crippen molar-refractivity contribution in [3.05, 3.63) is 41.7 Å². The molecule has 0 saturated carbocycles. The van der Waals surface area contributed by atoms with Crippen molar-refractivity contribution in [1.29, 1.82) is 0 Å². The van der Waals surface area contributed by atoms with Gasteiger partial charge in [0.15, 0.2) is 0 Å². The van der Waals surface area contributed by atoms with Crippen LogP contribution in [0.3, 0.4) is 0 Å². The average Bonchev–Trinajstić information content (AvgIpc) is 3.18. The van der Waals surface area contributed by atoms with E-state index in [-0.39, 0.29) is 5.54 Å². The number of hydrogen-bond acceptors (Lipinski definition) is 3. The third-order valence-electron chi connectivity index (χ3n) is 6.21. The number of rotatable bonds is 8. The Morgan fingerprint density at radius 2 is 1.78 bits per heavy atom. The van der Waals surface area contributed by atoms with Crippen LogP contribution in [0.4, 0.5) is 0 Å². The van der Waals surface area contributed by atoms with Gasteiger partial charge in [0.05, 0.1) is 5.54 Å². The lowest BCUT2D eigenvalue weighted by Gasteiger charge is -2.35. The van der Waals surface area contributed by atoms with Gasteiger partial charge in [-0.1, -0.05) is 50.6 Å². The van der Waals surface area contributed by atoms with E-state index in [0.717, 1.165) is 31.6 Å². The molecule has 0 bridgehead atoms. The molecule has 0 unspecified atom stereocenters. The Labute approximate surface area is 163 Å². The van der Waals surface area contributed by atoms with Gasteiger partial charge in [-0.3, -0.25) is 0 Å². The lowest BCUT2D eigenvalue weighted by atomic mass is 10.0. The van der Waals surface area contributed by atoms with Gasteiger partial charge in [-0.25, -0.2) is 4.68 Å². The van der Waals surface area contributed by atoms with Gasteiger partial charge in [-0.15, -0.1) is 5.10 Å². The summed E-state index contributed by atoms with van der Waals surface area (Å²) in [6.45, 7) is 14.9. The number of aromatic nitrogens is 4. The molecule has 1 aromatic heterocycles. The van der Waals surface area contributed by atoms with E-state index in [0.29, 0.717) is 6.04 Å². The summed E-state index contributed by atoms with van der Waals surface area (Å²) < 4.78 is 2.09. The Morgan fingerprint density at radius 1 is 1.07 bits per heavy atom. The normalized spacial score (nSPS) is 21.9. The molecule has 0 radical (unpaired) electrons. The summed E-state index contributed by atoms with van der Waals surface area (Å²) in [5, 5.41) is 12.9. The summed E-state index contributed by atoms with van der Waals surface area (Å²) in [6.07, 6.45) is 3.33. The first-order valence-electron chi connectivity index (χ1n) is 10.6. The summed E-state index contributed by atoms with van der Waals surface area (Å²) in [6, 6.07) is 11.3. The quantitative estimate of drug-likeness (QED) is 0.715. The van der Waals surface area contributed by atoms with Crippen LogP contribution in [-0.2, 0) is 12.1 Å². The van der Waals surface area contributed by atoms with Crippen molar-refractivity contribution < 1.29 is 9.80 Å². The van der Waals surface area contributed by atoms with E-state index in [1.807, 2.05) is 0 Å².